The Morgan fingerprint density at radius 3 is 2.80 bits per heavy atom. The van der Waals surface area contributed by atoms with E-state index in [-0.39, 0.29) is 15.5 Å². The zero-order valence-corrected chi connectivity index (χ0v) is 8.27. The fourth-order valence-corrected chi connectivity index (χ4v) is 1.50. The van der Waals surface area contributed by atoms with E-state index in [0.29, 0.717) is 13.0 Å². The second-order valence-corrected chi connectivity index (χ2v) is 3.97. The number of carbonyl (C=O) groups is 1. The normalized spacial score (nSPS) is 10.6. The molecule has 2 nitrogen and oxygen atoms in total. The van der Waals surface area contributed by atoms with E-state index in [9.17, 15) is 4.79 Å². The van der Waals surface area contributed by atoms with Gasteiger partial charge in [0.05, 0.1) is 6.61 Å². The van der Waals surface area contributed by atoms with Gasteiger partial charge in [-0.1, -0.05) is 12.6 Å². The van der Waals surface area contributed by atoms with Crippen LogP contribution in [0.2, 0.25) is 12.6 Å². The van der Waals surface area contributed by atoms with Gasteiger partial charge in [-0.25, -0.2) is 0 Å². The third kappa shape index (κ3) is 5.82. The molecule has 10 heavy (non-hydrogen) atoms. The van der Waals surface area contributed by atoms with Crippen molar-refractivity contribution in [3.63, 3.8) is 0 Å². The average Bonchev–Trinajstić information content (AvgIpc) is 1.89. The van der Waals surface area contributed by atoms with E-state index in [1.807, 2.05) is 6.92 Å². The maximum Gasteiger partial charge on any atom is 0.305 e. The smallest absolute Gasteiger partial charge is 0.305 e. The van der Waals surface area contributed by atoms with Crippen LogP contribution >= 0.6 is 0 Å². The fourth-order valence-electron chi connectivity index (χ4n) is 0.752. The summed E-state index contributed by atoms with van der Waals surface area (Å²) in [6, 6.07) is 1.26. The largest absolute Gasteiger partial charge is 0.466 e. The van der Waals surface area contributed by atoms with Gasteiger partial charge in [0.25, 0.3) is 0 Å². The summed E-state index contributed by atoms with van der Waals surface area (Å²) in [5, 5.41) is 0. The van der Waals surface area contributed by atoms with E-state index in [2.05, 4.69) is 6.55 Å². The fraction of sp³-hybridized carbons (Fsp3) is 0.857. The van der Waals surface area contributed by atoms with Crippen molar-refractivity contribution in [2.75, 3.05) is 6.61 Å². The van der Waals surface area contributed by atoms with E-state index in [1.165, 1.54) is 6.04 Å². The van der Waals surface area contributed by atoms with Gasteiger partial charge in [-0.15, -0.1) is 0 Å². The Morgan fingerprint density at radius 1 is 1.60 bits per heavy atom. The predicted molar refractivity (Wildman–Crippen MR) is 45.1 cm³/mol. The summed E-state index contributed by atoms with van der Waals surface area (Å²) in [5.74, 6) is -0.0371. The van der Waals surface area contributed by atoms with Crippen LogP contribution in [0.1, 0.15) is 19.8 Å². The lowest BCUT2D eigenvalue weighted by Crippen LogP contribution is -2.03. The lowest BCUT2D eigenvalue weighted by molar-refractivity contribution is -0.143. The van der Waals surface area contributed by atoms with Crippen LogP contribution < -0.4 is 0 Å². The first kappa shape index (κ1) is 9.69. The van der Waals surface area contributed by atoms with Crippen LogP contribution in [0.25, 0.3) is 0 Å². The molecule has 3 heteroatoms. The van der Waals surface area contributed by atoms with Crippen molar-refractivity contribution in [2.24, 2.45) is 0 Å². The quantitative estimate of drug-likeness (QED) is 0.340. The molecule has 60 valence electrons. The number of ether oxygens (including phenoxy) is 1. The first-order valence-electron chi connectivity index (χ1n) is 3.96. The molecule has 0 amide bonds. The molecule has 0 saturated heterocycles. The molecule has 0 unspecified atom stereocenters. The molecular formula is C7H16O2Si. The van der Waals surface area contributed by atoms with Gasteiger partial charge < -0.3 is 4.74 Å². The Hall–Kier alpha value is -0.313. The van der Waals surface area contributed by atoms with Crippen LogP contribution in [0.4, 0.5) is 0 Å². The second kappa shape index (κ2) is 6.80. The molecule has 0 aliphatic carbocycles. The Kier molecular flexibility index (Phi) is 6.59. The first-order chi connectivity index (χ1) is 4.81. The Balaban J connectivity index is 3.05. The van der Waals surface area contributed by atoms with Gasteiger partial charge in [0.1, 0.15) is 0 Å². The van der Waals surface area contributed by atoms with Gasteiger partial charge >= 0.3 is 5.97 Å². The summed E-state index contributed by atoms with van der Waals surface area (Å²) in [7, 11) is 0.149. The maximum atomic E-state index is 10.7. The lowest BCUT2D eigenvalue weighted by atomic mass is 10.3. The van der Waals surface area contributed by atoms with Crippen LogP contribution in [-0.4, -0.2) is 22.1 Å². The Morgan fingerprint density at radius 2 is 2.30 bits per heavy atom. The van der Waals surface area contributed by atoms with Crippen LogP contribution in [0.3, 0.4) is 0 Å². The molecule has 0 N–H and O–H groups in total. The molecule has 0 saturated carbocycles. The van der Waals surface area contributed by atoms with E-state index in [0.717, 1.165) is 6.42 Å². The number of hydrogen-bond donors (Lipinski definition) is 0. The monoisotopic (exact) mass is 160 g/mol. The standard InChI is InChI=1S/C7H16O2Si/c1-3-9-7(8)5-4-6-10-2/h3-6,10H2,1-2H3. The molecule has 0 rings (SSSR count). The minimum absolute atomic E-state index is 0.0371. The highest BCUT2D eigenvalue weighted by molar-refractivity contribution is 6.33. The molecule has 0 fully saturated rings. The van der Waals surface area contributed by atoms with Crippen LogP contribution in [-0.2, 0) is 9.53 Å². The van der Waals surface area contributed by atoms with E-state index >= 15 is 0 Å². The molecule has 0 aromatic rings. The minimum Gasteiger partial charge on any atom is -0.466 e. The molecule has 0 radical (unpaired) electrons. The Bertz CT molecular complexity index is 93.6. The summed E-state index contributed by atoms with van der Waals surface area (Å²) in [5.41, 5.74) is 0. The van der Waals surface area contributed by atoms with Crippen LogP contribution in [0.5, 0.6) is 0 Å². The van der Waals surface area contributed by atoms with Crippen molar-refractivity contribution in [1.29, 1.82) is 0 Å². The van der Waals surface area contributed by atoms with Gasteiger partial charge in [0, 0.05) is 15.9 Å². The summed E-state index contributed by atoms with van der Waals surface area (Å²) < 4.78 is 4.76. The van der Waals surface area contributed by atoms with E-state index in [4.69, 9.17) is 4.74 Å². The average molecular weight is 160 g/mol. The van der Waals surface area contributed by atoms with Gasteiger partial charge in [-0.2, -0.15) is 0 Å². The molecule has 0 heterocycles. The third-order valence-electron chi connectivity index (χ3n) is 1.29. The molecule has 0 aliphatic rings. The summed E-state index contributed by atoms with van der Waals surface area (Å²) >= 11 is 0. The van der Waals surface area contributed by atoms with Crippen LogP contribution in [0.15, 0.2) is 0 Å². The van der Waals surface area contributed by atoms with Crippen molar-refractivity contribution in [2.45, 2.75) is 32.4 Å². The van der Waals surface area contributed by atoms with Crippen LogP contribution in [0, 0.1) is 0 Å². The Labute approximate surface area is 64.8 Å². The minimum atomic E-state index is -0.0371. The summed E-state index contributed by atoms with van der Waals surface area (Å²) in [6.07, 6.45) is 1.65. The lowest BCUT2D eigenvalue weighted by Gasteiger charge is -1.99. The van der Waals surface area contributed by atoms with Crippen molar-refractivity contribution in [3.05, 3.63) is 0 Å². The highest BCUT2D eigenvalue weighted by atomic mass is 28.2. The highest BCUT2D eigenvalue weighted by Gasteiger charge is 1.98. The van der Waals surface area contributed by atoms with Gasteiger partial charge in [0.15, 0.2) is 0 Å². The summed E-state index contributed by atoms with van der Waals surface area (Å²) in [6.45, 7) is 4.61. The van der Waals surface area contributed by atoms with Gasteiger partial charge in [-0.3, -0.25) is 4.79 Å². The molecule has 0 atom stereocenters. The summed E-state index contributed by atoms with van der Waals surface area (Å²) in [4.78, 5) is 10.7. The topological polar surface area (TPSA) is 26.3 Å². The predicted octanol–water partition coefficient (Wildman–Crippen LogP) is 0.965. The molecular weight excluding hydrogens is 144 g/mol. The van der Waals surface area contributed by atoms with Gasteiger partial charge in [0.2, 0.25) is 0 Å². The number of rotatable bonds is 5. The molecule has 0 aromatic heterocycles. The molecule has 0 spiro atoms. The van der Waals surface area contributed by atoms with Crippen molar-refractivity contribution in [3.8, 4) is 0 Å². The SMILES string of the molecule is CCOC(=O)CCC[SiH2]C. The zero-order chi connectivity index (χ0) is 7.82. The number of carbonyl (C=O) groups excluding carboxylic acids is 1. The highest BCUT2D eigenvalue weighted by Crippen LogP contribution is 1.96. The van der Waals surface area contributed by atoms with Crippen molar-refractivity contribution < 1.29 is 9.53 Å². The van der Waals surface area contributed by atoms with Crippen molar-refractivity contribution >= 4 is 15.5 Å². The van der Waals surface area contributed by atoms with E-state index < -0.39 is 0 Å². The number of esters is 1. The maximum absolute atomic E-state index is 10.7. The van der Waals surface area contributed by atoms with E-state index in [1.54, 1.807) is 0 Å². The number of hydrogen-bond acceptors (Lipinski definition) is 2. The van der Waals surface area contributed by atoms with Crippen molar-refractivity contribution in [1.82, 2.24) is 0 Å². The zero-order valence-electron chi connectivity index (χ0n) is 6.85. The second-order valence-electron chi connectivity index (χ2n) is 2.26. The molecule has 0 aromatic carbocycles. The molecule has 0 bridgehead atoms. The molecule has 0 aliphatic heterocycles. The van der Waals surface area contributed by atoms with Gasteiger partial charge in [-0.05, 0) is 13.3 Å². The first-order valence-corrected chi connectivity index (χ1v) is 6.38. The third-order valence-corrected chi connectivity index (χ3v) is 2.50.